The minimum Gasteiger partial charge on any atom is -0.489 e. The molecule has 0 aromatic heterocycles. The molecule has 1 aliphatic rings. The summed E-state index contributed by atoms with van der Waals surface area (Å²) in [4.78, 5) is 0. The lowest BCUT2D eigenvalue weighted by molar-refractivity contribution is 0.353. The zero-order valence-corrected chi connectivity index (χ0v) is 6.80. The second-order valence-electron chi connectivity index (χ2n) is 2.80. The standard InChI is InChI=1S/C10H9FO/c1-7-9(11)5-4-8-3-2-6-12-10(7)8/h2-5H,6H2,1H3. The Morgan fingerprint density at radius 3 is 3.08 bits per heavy atom. The van der Waals surface area contributed by atoms with Crippen molar-refractivity contribution in [2.45, 2.75) is 6.92 Å². The lowest BCUT2D eigenvalue weighted by Gasteiger charge is -2.14. The van der Waals surface area contributed by atoms with Gasteiger partial charge in [0.05, 0.1) is 0 Å². The van der Waals surface area contributed by atoms with E-state index in [2.05, 4.69) is 0 Å². The fraction of sp³-hybridized carbons (Fsp3) is 0.200. The Balaban J connectivity index is 2.63. The van der Waals surface area contributed by atoms with Crippen molar-refractivity contribution in [2.75, 3.05) is 6.61 Å². The van der Waals surface area contributed by atoms with Gasteiger partial charge in [-0.2, -0.15) is 0 Å². The van der Waals surface area contributed by atoms with Crippen LogP contribution in [0.4, 0.5) is 4.39 Å². The highest BCUT2D eigenvalue weighted by Crippen LogP contribution is 2.29. The van der Waals surface area contributed by atoms with Gasteiger partial charge in [-0.3, -0.25) is 0 Å². The molecule has 0 unspecified atom stereocenters. The first-order valence-corrected chi connectivity index (χ1v) is 3.87. The van der Waals surface area contributed by atoms with E-state index in [9.17, 15) is 4.39 Å². The van der Waals surface area contributed by atoms with Crippen molar-refractivity contribution < 1.29 is 9.13 Å². The van der Waals surface area contributed by atoms with Crippen molar-refractivity contribution in [3.05, 3.63) is 35.2 Å². The van der Waals surface area contributed by atoms with Gasteiger partial charge in [0.15, 0.2) is 0 Å². The van der Waals surface area contributed by atoms with Crippen LogP contribution in [0.3, 0.4) is 0 Å². The second-order valence-corrected chi connectivity index (χ2v) is 2.80. The van der Waals surface area contributed by atoms with Gasteiger partial charge in [0.1, 0.15) is 18.2 Å². The molecule has 0 N–H and O–H groups in total. The maximum Gasteiger partial charge on any atom is 0.132 e. The summed E-state index contributed by atoms with van der Waals surface area (Å²) in [5.41, 5.74) is 1.55. The van der Waals surface area contributed by atoms with Crippen LogP contribution in [0.15, 0.2) is 18.2 Å². The lowest BCUT2D eigenvalue weighted by atomic mass is 10.1. The molecule has 12 heavy (non-hydrogen) atoms. The maximum atomic E-state index is 13.0. The van der Waals surface area contributed by atoms with E-state index >= 15 is 0 Å². The minimum atomic E-state index is -0.205. The fourth-order valence-electron chi connectivity index (χ4n) is 1.32. The Morgan fingerprint density at radius 2 is 2.25 bits per heavy atom. The summed E-state index contributed by atoms with van der Waals surface area (Å²) in [7, 11) is 0. The first-order chi connectivity index (χ1) is 5.79. The number of benzene rings is 1. The van der Waals surface area contributed by atoms with Gasteiger partial charge in [0.25, 0.3) is 0 Å². The van der Waals surface area contributed by atoms with E-state index in [1.54, 1.807) is 13.0 Å². The molecule has 0 atom stereocenters. The van der Waals surface area contributed by atoms with E-state index < -0.39 is 0 Å². The molecule has 1 aliphatic heterocycles. The molecular formula is C10H9FO. The molecule has 0 spiro atoms. The average molecular weight is 164 g/mol. The molecule has 1 nitrogen and oxygen atoms in total. The molecule has 2 heteroatoms. The van der Waals surface area contributed by atoms with Crippen LogP contribution in [0.1, 0.15) is 11.1 Å². The Morgan fingerprint density at radius 1 is 1.42 bits per heavy atom. The van der Waals surface area contributed by atoms with Crippen LogP contribution in [-0.4, -0.2) is 6.61 Å². The van der Waals surface area contributed by atoms with Crippen LogP contribution in [0.2, 0.25) is 0 Å². The third-order valence-electron chi connectivity index (χ3n) is 1.99. The molecule has 62 valence electrons. The van der Waals surface area contributed by atoms with Gasteiger partial charge in [0, 0.05) is 11.1 Å². The summed E-state index contributed by atoms with van der Waals surface area (Å²) in [6.07, 6.45) is 3.87. The van der Waals surface area contributed by atoms with Crippen LogP contribution in [-0.2, 0) is 0 Å². The van der Waals surface area contributed by atoms with Crippen LogP contribution in [0, 0.1) is 12.7 Å². The summed E-state index contributed by atoms with van der Waals surface area (Å²) in [6.45, 7) is 2.27. The molecule has 0 aliphatic carbocycles. The Labute approximate surface area is 70.5 Å². The van der Waals surface area contributed by atoms with Crippen LogP contribution in [0.5, 0.6) is 5.75 Å². The first kappa shape index (κ1) is 7.35. The quantitative estimate of drug-likeness (QED) is 0.572. The predicted octanol–water partition coefficient (Wildman–Crippen LogP) is 2.54. The van der Waals surface area contributed by atoms with Gasteiger partial charge >= 0.3 is 0 Å². The van der Waals surface area contributed by atoms with E-state index in [0.29, 0.717) is 17.9 Å². The molecule has 1 aromatic carbocycles. The van der Waals surface area contributed by atoms with Crippen molar-refractivity contribution in [3.8, 4) is 5.75 Å². The van der Waals surface area contributed by atoms with E-state index in [1.807, 2.05) is 12.2 Å². The van der Waals surface area contributed by atoms with Crippen LogP contribution < -0.4 is 4.74 Å². The summed E-state index contributed by atoms with van der Waals surface area (Å²) >= 11 is 0. The lowest BCUT2D eigenvalue weighted by Crippen LogP contribution is -2.03. The van der Waals surface area contributed by atoms with Gasteiger partial charge in [-0.25, -0.2) is 4.39 Å². The summed E-state index contributed by atoms with van der Waals surface area (Å²) in [6, 6.07) is 3.19. The number of ether oxygens (including phenoxy) is 1. The van der Waals surface area contributed by atoms with Crippen molar-refractivity contribution in [1.82, 2.24) is 0 Å². The SMILES string of the molecule is Cc1c(F)ccc2c1OCC=C2. The van der Waals surface area contributed by atoms with E-state index in [4.69, 9.17) is 4.74 Å². The smallest absolute Gasteiger partial charge is 0.132 e. The van der Waals surface area contributed by atoms with Gasteiger partial charge < -0.3 is 4.74 Å². The Bertz CT molecular complexity index is 342. The molecule has 1 heterocycles. The van der Waals surface area contributed by atoms with Crippen LogP contribution in [0.25, 0.3) is 6.08 Å². The maximum absolute atomic E-state index is 13.0. The van der Waals surface area contributed by atoms with E-state index in [0.717, 1.165) is 5.56 Å². The third kappa shape index (κ3) is 0.998. The highest BCUT2D eigenvalue weighted by molar-refractivity contribution is 5.61. The molecule has 0 saturated heterocycles. The Hall–Kier alpha value is -1.31. The van der Waals surface area contributed by atoms with Crippen molar-refractivity contribution in [3.63, 3.8) is 0 Å². The van der Waals surface area contributed by atoms with Crippen molar-refractivity contribution >= 4 is 6.08 Å². The summed E-state index contributed by atoms with van der Waals surface area (Å²) in [5, 5.41) is 0. The van der Waals surface area contributed by atoms with Crippen molar-refractivity contribution in [1.29, 1.82) is 0 Å². The van der Waals surface area contributed by atoms with Gasteiger partial charge in [0.2, 0.25) is 0 Å². The largest absolute Gasteiger partial charge is 0.489 e. The molecule has 0 amide bonds. The zero-order valence-electron chi connectivity index (χ0n) is 6.80. The topological polar surface area (TPSA) is 9.23 Å². The van der Waals surface area contributed by atoms with Gasteiger partial charge in [-0.05, 0) is 25.1 Å². The third-order valence-corrected chi connectivity index (χ3v) is 1.99. The van der Waals surface area contributed by atoms with Gasteiger partial charge in [-0.1, -0.05) is 6.08 Å². The minimum absolute atomic E-state index is 0.205. The molecular weight excluding hydrogens is 155 g/mol. The highest BCUT2D eigenvalue weighted by atomic mass is 19.1. The molecule has 0 saturated carbocycles. The number of rotatable bonds is 0. The number of halogens is 1. The molecule has 0 bridgehead atoms. The van der Waals surface area contributed by atoms with Crippen LogP contribution >= 0.6 is 0 Å². The monoisotopic (exact) mass is 164 g/mol. The summed E-state index contributed by atoms with van der Waals surface area (Å²) in [5.74, 6) is 0.474. The predicted molar refractivity (Wildman–Crippen MR) is 45.7 cm³/mol. The second kappa shape index (κ2) is 2.63. The average Bonchev–Trinajstić information content (AvgIpc) is 2.12. The van der Waals surface area contributed by atoms with Gasteiger partial charge in [-0.15, -0.1) is 0 Å². The fourth-order valence-corrected chi connectivity index (χ4v) is 1.32. The zero-order chi connectivity index (χ0) is 8.55. The van der Waals surface area contributed by atoms with E-state index in [-0.39, 0.29) is 5.82 Å². The number of hydrogen-bond acceptors (Lipinski definition) is 1. The Kier molecular flexibility index (Phi) is 1.61. The normalized spacial score (nSPS) is 13.8. The van der Waals surface area contributed by atoms with Crippen molar-refractivity contribution in [2.24, 2.45) is 0 Å². The number of hydrogen-bond donors (Lipinski definition) is 0. The number of fused-ring (bicyclic) bond motifs is 1. The van der Waals surface area contributed by atoms with E-state index in [1.165, 1.54) is 6.07 Å². The molecule has 0 radical (unpaired) electrons. The first-order valence-electron chi connectivity index (χ1n) is 3.87. The highest BCUT2D eigenvalue weighted by Gasteiger charge is 2.11. The molecule has 2 rings (SSSR count). The molecule has 0 fully saturated rings. The molecule has 1 aromatic rings. The summed E-state index contributed by atoms with van der Waals surface area (Å²) < 4.78 is 18.3.